The van der Waals surface area contributed by atoms with Crippen molar-refractivity contribution in [2.45, 2.75) is 24.9 Å². The number of fused-ring (bicyclic) bond motifs is 1. The molecule has 2 N–H and O–H groups in total. The molecule has 3 aromatic rings. The van der Waals surface area contributed by atoms with Gasteiger partial charge in [0.2, 0.25) is 0 Å². The van der Waals surface area contributed by atoms with E-state index in [9.17, 15) is 18.0 Å². The molecule has 4 rings (SSSR count). The minimum atomic E-state index is -4.59. The van der Waals surface area contributed by atoms with Crippen molar-refractivity contribution >= 4 is 39.9 Å². The average Bonchev–Trinajstić information content (AvgIpc) is 3.46. The second-order valence-corrected chi connectivity index (χ2v) is 6.96. The summed E-state index contributed by atoms with van der Waals surface area (Å²) in [7, 11) is 0. The van der Waals surface area contributed by atoms with Gasteiger partial charge < -0.3 is 10.6 Å². The summed E-state index contributed by atoms with van der Waals surface area (Å²) in [6, 6.07) is 6.79. The number of carbonyl (C=O) groups excluding carboxylic acids is 1. The van der Waals surface area contributed by atoms with Gasteiger partial charge in [0.25, 0.3) is 0 Å². The topological polar surface area (TPSA) is 66.9 Å². The van der Waals surface area contributed by atoms with Gasteiger partial charge in [0.1, 0.15) is 5.69 Å². The molecule has 2 aromatic heterocycles. The first-order chi connectivity index (χ1) is 13.3. The van der Waals surface area contributed by atoms with Gasteiger partial charge in [-0.2, -0.15) is 13.2 Å². The fourth-order valence-corrected chi connectivity index (χ4v) is 3.21. The third-order valence-electron chi connectivity index (χ3n) is 4.41. The van der Waals surface area contributed by atoms with E-state index in [-0.39, 0.29) is 5.69 Å². The summed E-state index contributed by atoms with van der Waals surface area (Å²) in [6.07, 6.45) is -0.0551. The van der Waals surface area contributed by atoms with E-state index in [1.165, 1.54) is 6.07 Å². The molecule has 2 heterocycles. The van der Waals surface area contributed by atoms with Crippen LogP contribution in [0.1, 0.15) is 30.0 Å². The number of hydrogen-bond donors (Lipinski definition) is 2. The Labute approximate surface area is 162 Å². The number of carbonyl (C=O) groups is 1. The second-order valence-electron chi connectivity index (χ2n) is 6.53. The first-order valence-electron chi connectivity index (χ1n) is 8.50. The van der Waals surface area contributed by atoms with E-state index >= 15 is 0 Å². The number of anilines is 2. The summed E-state index contributed by atoms with van der Waals surface area (Å²) < 4.78 is 38.3. The summed E-state index contributed by atoms with van der Waals surface area (Å²) in [5, 5.41) is 6.57. The molecule has 0 atom stereocenters. The van der Waals surface area contributed by atoms with Crippen LogP contribution in [-0.4, -0.2) is 16.0 Å². The molecule has 0 radical (unpaired) electrons. The van der Waals surface area contributed by atoms with Crippen molar-refractivity contribution in [1.82, 2.24) is 9.97 Å². The van der Waals surface area contributed by atoms with Crippen LogP contribution in [0.3, 0.4) is 0 Å². The van der Waals surface area contributed by atoms with Crippen LogP contribution in [0.25, 0.3) is 10.9 Å². The molecule has 144 valence electrons. The van der Waals surface area contributed by atoms with Gasteiger partial charge in [0, 0.05) is 22.3 Å². The van der Waals surface area contributed by atoms with Gasteiger partial charge in [0.15, 0.2) is 0 Å². The number of amides is 2. The highest BCUT2D eigenvalue weighted by Gasteiger charge is 2.33. The zero-order valence-corrected chi connectivity index (χ0v) is 15.1. The van der Waals surface area contributed by atoms with Crippen LogP contribution in [0.2, 0.25) is 5.02 Å². The summed E-state index contributed by atoms with van der Waals surface area (Å²) in [5.74, 6) is 0.305. The van der Waals surface area contributed by atoms with Crippen molar-refractivity contribution in [2.24, 2.45) is 0 Å². The highest BCUT2D eigenvalue weighted by molar-refractivity contribution is 6.31. The number of nitrogens with zero attached hydrogens (tertiary/aromatic N) is 2. The Morgan fingerprint density at radius 1 is 1.11 bits per heavy atom. The minimum Gasteiger partial charge on any atom is -0.308 e. The number of hydrogen-bond acceptors (Lipinski definition) is 3. The number of rotatable bonds is 3. The van der Waals surface area contributed by atoms with Crippen LogP contribution in [-0.2, 0) is 6.18 Å². The number of pyridine rings is 2. The van der Waals surface area contributed by atoms with Gasteiger partial charge >= 0.3 is 12.2 Å². The SMILES string of the molecule is O=C(Nc1ccnc(C(F)(F)F)c1)Nc1cnc2cc(Cl)ccc2c1C1CC1. The molecule has 1 fully saturated rings. The Bertz CT molecular complexity index is 1070. The summed E-state index contributed by atoms with van der Waals surface area (Å²) in [4.78, 5) is 20.0. The normalized spacial score (nSPS) is 14.1. The monoisotopic (exact) mass is 406 g/mol. The molecular weight excluding hydrogens is 393 g/mol. The molecular formula is C19H14ClF3N4O. The van der Waals surface area contributed by atoms with Gasteiger partial charge in [-0.05, 0) is 48.6 Å². The lowest BCUT2D eigenvalue weighted by Crippen LogP contribution is -2.21. The highest BCUT2D eigenvalue weighted by Crippen LogP contribution is 2.46. The minimum absolute atomic E-state index is 0.00618. The molecule has 0 spiro atoms. The number of benzene rings is 1. The highest BCUT2D eigenvalue weighted by atomic mass is 35.5. The van der Waals surface area contributed by atoms with Gasteiger partial charge in [0.05, 0.1) is 17.4 Å². The number of nitrogens with one attached hydrogen (secondary N) is 2. The molecule has 1 aliphatic carbocycles. The van der Waals surface area contributed by atoms with E-state index in [4.69, 9.17) is 11.6 Å². The third-order valence-corrected chi connectivity index (χ3v) is 4.65. The second kappa shape index (κ2) is 6.94. The van der Waals surface area contributed by atoms with E-state index in [1.54, 1.807) is 18.3 Å². The van der Waals surface area contributed by atoms with Crippen molar-refractivity contribution in [2.75, 3.05) is 10.6 Å². The predicted octanol–water partition coefficient (Wildman–Crippen LogP) is 5.82. The Kier molecular flexibility index (Phi) is 4.58. The first kappa shape index (κ1) is 18.5. The smallest absolute Gasteiger partial charge is 0.308 e. The van der Waals surface area contributed by atoms with Crippen LogP contribution in [0.15, 0.2) is 42.7 Å². The summed E-state index contributed by atoms with van der Waals surface area (Å²) in [6.45, 7) is 0. The molecule has 28 heavy (non-hydrogen) atoms. The molecule has 1 saturated carbocycles. The van der Waals surface area contributed by atoms with Crippen molar-refractivity contribution in [3.05, 3.63) is 59.0 Å². The van der Waals surface area contributed by atoms with Gasteiger partial charge in [-0.3, -0.25) is 9.97 Å². The predicted molar refractivity (Wildman–Crippen MR) is 101 cm³/mol. The van der Waals surface area contributed by atoms with Crippen molar-refractivity contribution < 1.29 is 18.0 Å². The maximum atomic E-state index is 12.8. The fraction of sp³-hybridized carbons (Fsp3) is 0.211. The van der Waals surface area contributed by atoms with E-state index < -0.39 is 17.9 Å². The fourth-order valence-electron chi connectivity index (χ4n) is 3.05. The van der Waals surface area contributed by atoms with Crippen molar-refractivity contribution in [3.8, 4) is 0 Å². The standard InChI is InChI=1S/C19H14ClF3N4O/c20-11-3-4-13-14(7-11)25-9-15(17(13)10-1-2-10)27-18(28)26-12-5-6-24-16(8-12)19(21,22)23/h3-10H,1-2H2,(H2,24,26,27,28). The lowest BCUT2D eigenvalue weighted by atomic mass is 10.0. The molecule has 5 nitrogen and oxygen atoms in total. The molecule has 2 amide bonds. The Hall–Kier alpha value is -2.87. The van der Waals surface area contributed by atoms with Crippen molar-refractivity contribution in [1.29, 1.82) is 0 Å². The van der Waals surface area contributed by atoms with Crippen LogP contribution < -0.4 is 10.6 Å². The number of aromatic nitrogens is 2. The van der Waals surface area contributed by atoms with Gasteiger partial charge in [-0.15, -0.1) is 0 Å². The van der Waals surface area contributed by atoms with Crippen LogP contribution in [0, 0.1) is 0 Å². The summed E-state index contributed by atoms with van der Waals surface area (Å²) in [5.41, 5.74) is 1.13. The van der Waals surface area contributed by atoms with E-state index in [0.717, 1.165) is 41.6 Å². The van der Waals surface area contributed by atoms with Crippen LogP contribution in [0.5, 0.6) is 0 Å². The third kappa shape index (κ3) is 3.87. The zero-order valence-electron chi connectivity index (χ0n) is 14.3. The molecule has 0 bridgehead atoms. The number of urea groups is 1. The number of alkyl halides is 3. The van der Waals surface area contributed by atoms with Crippen molar-refractivity contribution in [3.63, 3.8) is 0 Å². The first-order valence-corrected chi connectivity index (χ1v) is 8.88. The molecule has 0 aliphatic heterocycles. The van der Waals surface area contributed by atoms with E-state index in [2.05, 4.69) is 20.6 Å². The molecule has 1 aromatic carbocycles. The zero-order chi connectivity index (χ0) is 19.9. The quantitative estimate of drug-likeness (QED) is 0.575. The maximum Gasteiger partial charge on any atom is 0.433 e. The van der Waals surface area contributed by atoms with E-state index in [1.807, 2.05) is 6.07 Å². The van der Waals surface area contributed by atoms with Crippen LogP contribution in [0.4, 0.5) is 29.3 Å². The number of halogens is 4. The molecule has 9 heteroatoms. The lowest BCUT2D eigenvalue weighted by molar-refractivity contribution is -0.141. The average molecular weight is 407 g/mol. The van der Waals surface area contributed by atoms with Gasteiger partial charge in [-0.1, -0.05) is 17.7 Å². The summed E-state index contributed by atoms with van der Waals surface area (Å²) >= 11 is 6.02. The van der Waals surface area contributed by atoms with Crippen LogP contribution >= 0.6 is 11.6 Å². The Morgan fingerprint density at radius 2 is 1.89 bits per heavy atom. The lowest BCUT2D eigenvalue weighted by Gasteiger charge is -2.14. The Morgan fingerprint density at radius 3 is 2.61 bits per heavy atom. The molecule has 0 saturated heterocycles. The maximum absolute atomic E-state index is 12.8. The largest absolute Gasteiger partial charge is 0.433 e. The van der Waals surface area contributed by atoms with Gasteiger partial charge in [-0.25, -0.2) is 4.79 Å². The molecule has 0 unspecified atom stereocenters. The molecule has 1 aliphatic rings. The van der Waals surface area contributed by atoms with E-state index in [0.29, 0.717) is 16.6 Å². The Balaban J connectivity index is 1.59.